The van der Waals surface area contributed by atoms with Gasteiger partial charge in [-0.05, 0) is 12.1 Å². The highest BCUT2D eigenvalue weighted by molar-refractivity contribution is 6.38. The summed E-state index contributed by atoms with van der Waals surface area (Å²) in [6.45, 7) is -0.530. The minimum Gasteiger partial charge on any atom is -0.394 e. The van der Waals surface area contributed by atoms with E-state index in [1.807, 2.05) is 0 Å². The molecular weight excluding hydrogens is 293 g/mol. The summed E-state index contributed by atoms with van der Waals surface area (Å²) in [4.78, 5) is 16.1. The molecule has 1 amide bonds. The topological polar surface area (TPSA) is 88.2 Å². The molecule has 1 rings (SSSR count). The summed E-state index contributed by atoms with van der Waals surface area (Å²) in [7, 11) is 0. The number of hydrazine groups is 1. The zero-order valence-corrected chi connectivity index (χ0v) is 11.4. The number of nitrogens with zero attached hydrogens (tertiary/aromatic N) is 2. The molecule has 0 fully saturated rings. The first-order chi connectivity index (χ1) is 9.06. The summed E-state index contributed by atoms with van der Waals surface area (Å²) in [5, 5.41) is 13.9. The van der Waals surface area contributed by atoms with E-state index in [2.05, 4.69) is 5.16 Å². The van der Waals surface area contributed by atoms with Gasteiger partial charge in [0.15, 0.2) is 6.61 Å². The third kappa shape index (κ3) is 5.04. The Bertz CT molecular complexity index is 448. The van der Waals surface area contributed by atoms with Crippen molar-refractivity contribution in [1.82, 2.24) is 5.01 Å². The molecule has 0 radical (unpaired) electrons. The third-order valence-electron chi connectivity index (χ3n) is 2.11. The molecule has 0 heterocycles. The van der Waals surface area contributed by atoms with Crippen molar-refractivity contribution in [2.75, 3.05) is 19.8 Å². The number of hydrogen-bond acceptors (Lipinski definition) is 5. The van der Waals surface area contributed by atoms with Gasteiger partial charge in [0.1, 0.15) is 0 Å². The van der Waals surface area contributed by atoms with Crippen molar-refractivity contribution in [3.8, 4) is 0 Å². The quantitative estimate of drug-likeness (QED) is 0.356. The molecule has 0 unspecified atom stereocenters. The zero-order valence-electron chi connectivity index (χ0n) is 9.92. The van der Waals surface area contributed by atoms with Crippen molar-refractivity contribution < 1.29 is 14.7 Å². The highest BCUT2D eigenvalue weighted by atomic mass is 35.5. The van der Waals surface area contributed by atoms with Crippen LogP contribution >= 0.6 is 23.2 Å². The van der Waals surface area contributed by atoms with Crippen LogP contribution in [0.3, 0.4) is 0 Å². The summed E-state index contributed by atoms with van der Waals surface area (Å²) in [6.07, 6.45) is 1.31. The Hall–Kier alpha value is -1.34. The molecule has 8 heteroatoms. The van der Waals surface area contributed by atoms with E-state index in [0.29, 0.717) is 15.6 Å². The van der Waals surface area contributed by atoms with Crippen LogP contribution in [0.25, 0.3) is 0 Å². The lowest BCUT2D eigenvalue weighted by atomic mass is 10.2. The average Bonchev–Trinajstić information content (AvgIpc) is 2.37. The van der Waals surface area contributed by atoms with Crippen LogP contribution in [-0.2, 0) is 9.63 Å². The Morgan fingerprint density at radius 3 is 2.68 bits per heavy atom. The molecule has 0 atom stereocenters. The standard InChI is InChI=1S/C11H13Cl2N3O3/c12-9-2-1-3-10(13)8(9)6-15-19-7-11(18)16(14)4-5-17/h1-3,6,17H,4-5,7,14H2. The van der Waals surface area contributed by atoms with Gasteiger partial charge in [-0.15, -0.1) is 0 Å². The van der Waals surface area contributed by atoms with Gasteiger partial charge in [-0.2, -0.15) is 0 Å². The number of oxime groups is 1. The van der Waals surface area contributed by atoms with Crippen LogP contribution in [0, 0.1) is 0 Å². The number of amides is 1. The van der Waals surface area contributed by atoms with Gasteiger partial charge in [-0.3, -0.25) is 9.80 Å². The monoisotopic (exact) mass is 305 g/mol. The SMILES string of the molecule is NN(CCO)C(=O)CON=Cc1c(Cl)cccc1Cl. The Balaban J connectivity index is 2.49. The van der Waals surface area contributed by atoms with Crippen molar-refractivity contribution in [1.29, 1.82) is 0 Å². The number of halogens is 2. The van der Waals surface area contributed by atoms with E-state index in [9.17, 15) is 4.79 Å². The van der Waals surface area contributed by atoms with E-state index in [1.54, 1.807) is 18.2 Å². The average molecular weight is 306 g/mol. The van der Waals surface area contributed by atoms with Crippen LogP contribution in [0.5, 0.6) is 0 Å². The lowest BCUT2D eigenvalue weighted by molar-refractivity contribution is -0.136. The minimum absolute atomic E-state index is 0.0300. The van der Waals surface area contributed by atoms with Gasteiger partial charge in [-0.25, -0.2) is 5.84 Å². The molecule has 0 aromatic heterocycles. The predicted octanol–water partition coefficient (Wildman–Crippen LogP) is 1.04. The van der Waals surface area contributed by atoms with E-state index in [4.69, 9.17) is 39.0 Å². The van der Waals surface area contributed by atoms with Crippen LogP contribution in [0.2, 0.25) is 10.0 Å². The van der Waals surface area contributed by atoms with E-state index in [-0.39, 0.29) is 19.8 Å². The summed E-state index contributed by atoms with van der Waals surface area (Å²) in [5.74, 6) is 4.82. The number of aliphatic hydroxyl groups is 1. The number of hydrogen-bond donors (Lipinski definition) is 2. The van der Waals surface area contributed by atoms with Gasteiger partial charge in [0.2, 0.25) is 0 Å². The van der Waals surface area contributed by atoms with Gasteiger partial charge in [0, 0.05) is 5.56 Å². The number of nitrogens with two attached hydrogens (primary N) is 1. The summed E-state index contributed by atoms with van der Waals surface area (Å²) in [5.41, 5.74) is 0.498. The lowest BCUT2D eigenvalue weighted by Crippen LogP contribution is -2.41. The maximum absolute atomic E-state index is 11.3. The Labute approximate surface area is 120 Å². The number of rotatable bonds is 6. The van der Waals surface area contributed by atoms with Crippen LogP contribution in [0.4, 0.5) is 0 Å². The molecule has 0 saturated heterocycles. The van der Waals surface area contributed by atoms with Crippen molar-refractivity contribution in [3.05, 3.63) is 33.8 Å². The molecule has 0 aliphatic heterocycles. The van der Waals surface area contributed by atoms with Crippen LogP contribution in [0.1, 0.15) is 5.56 Å². The third-order valence-corrected chi connectivity index (χ3v) is 2.76. The van der Waals surface area contributed by atoms with Gasteiger partial charge >= 0.3 is 0 Å². The second-order valence-electron chi connectivity index (χ2n) is 3.45. The van der Waals surface area contributed by atoms with Crippen molar-refractivity contribution in [3.63, 3.8) is 0 Å². The van der Waals surface area contributed by atoms with Gasteiger partial charge in [0.05, 0.1) is 29.4 Å². The molecule has 0 aliphatic rings. The molecule has 104 valence electrons. The van der Waals surface area contributed by atoms with Crippen molar-refractivity contribution >= 4 is 35.3 Å². The highest BCUT2D eigenvalue weighted by Gasteiger charge is 2.08. The van der Waals surface area contributed by atoms with Gasteiger partial charge < -0.3 is 9.94 Å². The number of aliphatic hydroxyl groups excluding tert-OH is 1. The summed E-state index contributed by atoms with van der Waals surface area (Å²) in [6, 6.07) is 5.01. The molecule has 0 saturated carbocycles. The second-order valence-corrected chi connectivity index (χ2v) is 4.27. The normalized spacial score (nSPS) is 10.7. The van der Waals surface area contributed by atoms with Crippen LogP contribution < -0.4 is 5.84 Å². The Morgan fingerprint density at radius 2 is 2.11 bits per heavy atom. The van der Waals surface area contributed by atoms with Crippen molar-refractivity contribution in [2.24, 2.45) is 11.0 Å². The first-order valence-electron chi connectivity index (χ1n) is 5.31. The number of carbonyl (C=O) groups excluding carboxylic acids is 1. The largest absolute Gasteiger partial charge is 0.394 e. The van der Waals surface area contributed by atoms with E-state index in [1.165, 1.54) is 6.21 Å². The van der Waals surface area contributed by atoms with E-state index >= 15 is 0 Å². The van der Waals surface area contributed by atoms with Gasteiger partial charge in [0.25, 0.3) is 5.91 Å². The fourth-order valence-electron chi connectivity index (χ4n) is 1.13. The molecule has 0 bridgehead atoms. The lowest BCUT2D eigenvalue weighted by Gasteiger charge is -2.13. The smallest absolute Gasteiger partial charge is 0.277 e. The molecule has 1 aromatic carbocycles. The van der Waals surface area contributed by atoms with Crippen LogP contribution in [0.15, 0.2) is 23.4 Å². The predicted molar refractivity (Wildman–Crippen MR) is 73.0 cm³/mol. The summed E-state index contributed by atoms with van der Waals surface area (Å²) >= 11 is 11.8. The fraction of sp³-hybridized carbons (Fsp3) is 0.273. The molecular formula is C11H13Cl2N3O3. The van der Waals surface area contributed by atoms with Gasteiger partial charge in [-0.1, -0.05) is 34.4 Å². The highest BCUT2D eigenvalue weighted by Crippen LogP contribution is 2.22. The minimum atomic E-state index is -0.503. The first-order valence-corrected chi connectivity index (χ1v) is 6.07. The molecule has 6 nitrogen and oxygen atoms in total. The maximum atomic E-state index is 11.3. The van der Waals surface area contributed by atoms with E-state index in [0.717, 1.165) is 5.01 Å². The molecule has 0 aliphatic carbocycles. The maximum Gasteiger partial charge on any atom is 0.277 e. The molecule has 19 heavy (non-hydrogen) atoms. The summed E-state index contributed by atoms with van der Waals surface area (Å²) < 4.78 is 0. The molecule has 3 N–H and O–H groups in total. The van der Waals surface area contributed by atoms with E-state index < -0.39 is 5.91 Å². The number of carbonyl (C=O) groups is 1. The fourth-order valence-corrected chi connectivity index (χ4v) is 1.63. The number of benzene rings is 1. The second kappa shape index (κ2) is 7.96. The first kappa shape index (κ1) is 15.7. The van der Waals surface area contributed by atoms with Crippen molar-refractivity contribution in [2.45, 2.75) is 0 Å². The molecule has 0 spiro atoms. The zero-order chi connectivity index (χ0) is 14.3. The molecule has 1 aromatic rings. The Kier molecular flexibility index (Phi) is 6.58. The Morgan fingerprint density at radius 1 is 1.47 bits per heavy atom. The van der Waals surface area contributed by atoms with Crippen LogP contribution in [-0.4, -0.2) is 42.0 Å².